The van der Waals surface area contributed by atoms with E-state index in [0.717, 1.165) is 48.4 Å². The monoisotopic (exact) mass is 632 g/mol. The highest BCUT2D eigenvalue weighted by molar-refractivity contribution is 6.03. The molecule has 2 aromatic carbocycles. The van der Waals surface area contributed by atoms with Crippen LogP contribution in [0.1, 0.15) is 112 Å². The molecule has 46 heavy (non-hydrogen) atoms. The molecule has 3 aliphatic rings. The number of unbranched alkanes of at least 4 members (excludes halogenated alkanes) is 2. The van der Waals surface area contributed by atoms with Gasteiger partial charge in [-0.05, 0) is 129 Å². The molecular formula is C39H56N2O5. The van der Waals surface area contributed by atoms with Crippen molar-refractivity contribution in [1.29, 1.82) is 0 Å². The predicted molar refractivity (Wildman–Crippen MR) is 185 cm³/mol. The number of methoxy groups -OCH3 is 1. The number of hydrogen-bond donors (Lipinski definition) is 0. The molecule has 0 saturated carbocycles. The molecule has 0 N–H and O–H groups in total. The van der Waals surface area contributed by atoms with Crippen LogP contribution >= 0.6 is 0 Å². The average Bonchev–Trinajstić information content (AvgIpc) is 3.08. The smallest absolute Gasteiger partial charge is 0.174 e. The third-order valence-electron chi connectivity index (χ3n) is 9.56. The fraction of sp³-hybridized carbons (Fsp3) is 0.615. The molecule has 5 rings (SSSR count). The molecule has 0 amide bonds. The molecule has 3 heterocycles. The fourth-order valence-electron chi connectivity index (χ4n) is 6.87. The summed E-state index contributed by atoms with van der Waals surface area (Å²) in [5.41, 5.74) is 3.61. The zero-order valence-corrected chi connectivity index (χ0v) is 28.6. The maximum atomic E-state index is 13.6. The SMILES string of the molecule is COc1cc(OCCCCN2CCCCC2)c(CC=C(C)C)c2c1C(=O)CC(c1ccc(OCCCCN3CCCCC3)cc1)O2. The van der Waals surface area contributed by atoms with Gasteiger partial charge in [-0.3, -0.25) is 4.79 Å². The van der Waals surface area contributed by atoms with Crippen molar-refractivity contribution >= 4 is 5.78 Å². The van der Waals surface area contributed by atoms with E-state index < -0.39 is 0 Å². The Balaban J connectivity index is 1.22. The molecule has 2 saturated heterocycles. The van der Waals surface area contributed by atoms with Gasteiger partial charge in [0, 0.05) is 11.6 Å². The Hall–Kier alpha value is -3.03. The van der Waals surface area contributed by atoms with Crippen LogP contribution in [-0.2, 0) is 6.42 Å². The summed E-state index contributed by atoms with van der Waals surface area (Å²) in [6, 6.07) is 9.94. The Morgan fingerprint density at radius 2 is 1.43 bits per heavy atom. The van der Waals surface area contributed by atoms with E-state index in [9.17, 15) is 4.79 Å². The van der Waals surface area contributed by atoms with Crippen molar-refractivity contribution in [2.75, 3.05) is 59.6 Å². The van der Waals surface area contributed by atoms with Gasteiger partial charge >= 0.3 is 0 Å². The predicted octanol–water partition coefficient (Wildman–Crippen LogP) is 8.20. The average molecular weight is 633 g/mol. The minimum atomic E-state index is -0.381. The summed E-state index contributed by atoms with van der Waals surface area (Å²) in [6.45, 7) is 12.7. The van der Waals surface area contributed by atoms with E-state index in [0.29, 0.717) is 36.7 Å². The number of ether oxygens (including phenoxy) is 4. The summed E-state index contributed by atoms with van der Waals surface area (Å²) >= 11 is 0. The number of allylic oxidation sites excluding steroid dienone is 2. The topological polar surface area (TPSA) is 60.5 Å². The standard InChI is InChI=1S/C39H56N2O5/c1-30(2)14-19-33-36(45-27-13-11-25-41-22-8-5-9-23-41)29-37(43-3)38-34(42)28-35(46-39(33)38)31-15-17-32(18-16-31)44-26-12-10-24-40-20-6-4-7-21-40/h14-18,29,35H,4-13,19-28H2,1-3H3. The molecule has 3 aliphatic heterocycles. The van der Waals surface area contributed by atoms with Crippen molar-refractivity contribution < 1.29 is 23.7 Å². The van der Waals surface area contributed by atoms with Crippen LogP contribution in [0.3, 0.4) is 0 Å². The molecule has 2 aromatic rings. The van der Waals surface area contributed by atoms with Gasteiger partial charge in [-0.2, -0.15) is 0 Å². The van der Waals surface area contributed by atoms with Crippen LogP contribution in [0.2, 0.25) is 0 Å². The summed E-state index contributed by atoms with van der Waals surface area (Å²) in [4.78, 5) is 18.8. The lowest BCUT2D eigenvalue weighted by Crippen LogP contribution is -2.30. The van der Waals surface area contributed by atoms with Crippen molar-refractivity contribution in [2.45, 2.75) is 97.0 Å². The number of hydrogen-bond acceptors (Lipinski definition) is 7. The maximum absolute atomic E-state index is 13.6. The normalized spacial score (nSPS) is 18.8. The van der Waals surface area contributed by atoms with Crippen LogP contribution in [0.15, 0.2) is 42.0 Å². The highest BCUT2D eigenvalue weighted by atomic mass is 16.5. The number of fused-ring (bicyclic) bond motifs is 1. The minimum Gasteiger partial charge on any atom is -0.496 e. The van der Waals surface area contributed by atoms with Crippen LogP contribution < -0.4 is 18.9 Å². The number of piperidine rings is 2. The lowest BCUT2D eigenvalue weighted by molar-refractivity contribution is 0.0841. The molecule has 2 fully saturated rings. The number of rotatable bonds is 16. The van der Waals surface area contributed by atoms with Crippen molar-refractivity contribution in [3.8, 4) is 23.0 Å². The Morgan fingerprint density at radius 1 is 0.826 bits per heavy atom. The highest BCUT2D eigenvalue weighted by Crippen LogP contribution is 2.46. The maximum Gasteiger partial charge on any atom is 0.174 e. The Bertz CT molecular complexity index is 1270. The van der Waals surface area contributed by atoms with Crippen molar-refractivity contribution in [1.82, 2.24) is 9.80 Å². The number of Topliss-reactive ketones (excluding diaryl/α,β-unsaturated/α-hetero) is 1. The molecular weight excluding hydrogens is 576 g/mol. The third kappa shape index (κ3) is 9.74. The van der Waals surface area contributed by atoms with Crippen LogP contribution in [0.4, 0.5) is 0 Å². The number of ketones is 1. The molecule has 1 unspecified atom stereocenters. The van der Waals surface area contributed by atoms with Crippen molar-refractivity contribution in [3.63, 3.8) is 0 Å². The zero-order valence-electron chi connectivity index (χ0n) is 28.6. The number of likely N-dealkylation sites (tertiary alicyclic amines) is 2. The quantitative estimate of drug-likeness (QED) is 0.137. The number of nitrogens with zero attached hydrogens (tertiary/aromatic N) is 2. The summed E-state index contributed by atoms with van der Waals surface area (Å²) in [7, 11) is 1.61. The van der Waals surface area contributed by atoms with Crippen molar-refractivity contribution in [2.24, 2.45) is 0 Å². The van der Waals surface area contributed by atoms with E-state index >= 15 is 0 Å². The van der Waals surface area contributed by atoms with Gasteiger partial charge in [0.15, 0.2) is 5.78 Å². The second kappa shape index (κ2) is 17.8. The van der Waals surface area contributed by atoms with Gasteiger partial charge in [-0.25, -0.2) is 0 Å². The van der Waals surface area contributed by atoms with E-state index in [4.69, 9.17) is 18.9 Å². The molecule has 252 valence electrons. The second-order valence-electron chi connectivity index (χ2n) is 13.5. The molecule has 7 nitrogen and oxygen atoms in total. The first-order chi connectivity index (χ1) is 22.5. The fourth-order valence-corrected chi connectivity index (χ4v) is 6.87. The largest absolute Gasteiger partial charge is 0.496 e. The molecule has 7 heteroatoms. The summed E-state index contributed by atoms with van der Waals surface area (Å²) in [6.07, 6.45) is 15.0. The Kier molecular flexibility index (Phi) is 13.3. The van der Waals surface area contributed by atoms with Crippen LogP contribution in [0, 0.1) is 0 Å². The number of benzene rings is 2. The van der Waals surface area contributed by atoms with E-state index in [1.54, 1.807) is 7.11 Å². The molecule has 0 aliphatic carbocycles. The molecule has 0 aromatic heterocycles. The second-order valence-corrected chi connectivity index (χ2v) is 13.5. The number of carbonyl (C=O) groups excluding carboxylic acids is 1. The molecule has 0 bridgehead atoms. The van der Waals surface area contributed by atoms with E-state index in [1.165, 1.54) is 83.2 Å². The van der Waals surface area contributed by atoms with Gasteiger partial charge in [0.05, 0.1) is 26.7 Å². The van der Waals surface area contributed by atoms with E-state index in [1.807, 2.05) is 30.3 Å². The lowest BCUT2D eigenvalue weighted by Gasteiger charge is -2.30. The van der Waals surface area contributed by atoms with Crippen molar-refractivity contribution in [3.05, 3.63) is 58.7 Å². The van der Waals surface area contributed by atoms with Crippen LogP contribution in [0.5, 0.6) is 23.0 Å². The number of carbonyl (C=O) groups is 1. The van der Waals surface area contributed by atoms with Crippen LogP contribution in [0.25, 0.3) is 0 Å². The van der Waals surface area contributed by atoms with Gasteiger partial charge < -0.3 is 28.7 Å². The first kappa shape index (κ1) is 34.3. The van der Waals surface area contributed by atoms with E-state index in [2.05, 4.69) is 29.7 Å². The van der Waals surface area contributed by atoms with Gasteiger partial charge in [-0.15, -0.1) is 0 Å². The Labute approximate surface area is 277 Å². The summed E-state index contributed by atoms with van der Waals surface area (Å²) in [5, 5.41) is 0. The van der Waals surface area contributed by atoms with Gasteiger partial charge in [0.25, 0.3) is 0 Å². The van der Waals surface area contributed by atoms with Gasteiger partial charge in [-0.1, -0.05) is 36.6 Å². The molecule has 1 atom stereocenters. The summed E-state index contributed by atoms with van der Waals surface area (Å²) < 4.78 is 24.9. The highest BCUT2D eigenvalue weighted by Gasteiger charge is 2.34. The molecule has 0 radical (unpaired) electrons. The summed E-state index contributed by atoms with van der Waals surface area (Å²) in [5.74, 6) is 2.74. The van der Waals surface area contributed by atoms with Gasteiger partial charge in [0.2, 0.25) is 0 Å². The van der Waals surface area contributed by atoms with Crippen LogP contribution in [-0.4, -0.2) is 75.2 Å². The first-order valence-electron chi connectivity index (χ1n) is 17.9. The first-order valence-corrected chi connectivity index (χ1v) is 17.9. The van der Waals surface area contributed by atoms with E-state index in [-0.39, 0.29) is 18.3 Å². The molecule has 0 spiro atoms. The zero-order chi connectivity index (χ0) is 32.1. The lowest BCUT2D eigenvalue weighted by atomic mass is 9.92. The van der Waals surface area contributed by atoms with Gasteiger partial charge in [0.1, 0.15) is 34.7 Å². The third-order valence-corrected chi connectivity index (χ3v) is 9.56. The Morgan fingerprint density at radius 3 is 2.02 bits per heavy atom. The minimum absolute atomic E-state index is 0.0312.